The summed E-state index contributed by atoms with van der Waals surface area (Å²) in [4.78, 5) is 13.2. The van der Waals surface area contributed by atoms with E-state index >= 15 is 0 Å². The molecule has 0 amide bonds. The summed E-state index contributed by atoms with van der Waals surface area (Å²) in [5.74, 6) is 0.776. The molecule has 0 radical (unpaired) electrons. The fourth-order valence-electron chi connectivity index (χ4n) is 2.15. The normalized spacial score (nSPS) is 17.8. The van der Waals surface area contributed by atoms with E-state index in [1.807, 2.05) is 0 Å². The van der Waals surface area contributed by atoms with Crippen molar-refractivity contribution in [2.45, 2.75) is 13.0 Å². The summed E-state index contributed by atoms with van der Waals surface area (Å²) >= 11 is 0. The smallest absolute Gasteiger partial charge is 0.225 e. The molecule has 1 aromatic rings. The Hall–Kier alpha value is -1.24. The molecule has 18 heavy (non-hydrogen) atoms. The molecule has 1 aromatic heterocycles. The molecule has 1 aliphatic heterocycles. The van der Waals surface area contributed by atoms with Gasteiger partial charge >= 0.3 is 0 Å². The third kappa shape index (κ3) is 3.38. The van der Waals surface area contributed by atoms with E-state index in [0.29, 0.717) is 6.54 Å². The van der Waals surface area contributed by atoms with Gasteiger partial charge in [0.25, 0.3) is 0 Å². The lowest BCUT2D eigenvalue weighted by atomic mass is 10.3. The molecule has 2 heterocycles. The summed E-state index contributed by atoms with van der Waals surface area (Å²) in [6.07, 6.45) is 4.65. The van der Waals surface area contributed by atoms with Crippen molar-refractivity contribution in [3.63, 3.8) is 0 Å². The zero-order valence-electron chi connectivity index (χ0n) is 10.6. The van der Waals surface area contributed by atoms with Crippen molar-refractivity contribution in [2.24, 2.45) is 5.73 Å². The Kier molecular flexibility index (Phi) is 4.86. The van der Waals surface area contributed by atoms with Crippen LogP contribution in [0.3, 0.4) is 0 Å². The van der Waals surface area contributed by atoms with Crippen molar-refractivity contribution in [1.29, 1.82) is 0 Å². The highest BCUT2D eigenvalue weighted by Crippen LogP contribution is 2.10. The number of β-amino-alcohol motifs (C(OH)–C–C–N with tert-alkyl or cyclic N) is 1. The van der Waals surface area contributed by atoms with Gasteiger partial charge in [0.2, 0.25) is 5.95 Å². The van der Waals surface area contributed by atoms with Crippen LogP contribution < -0.4 is 10.6 Å². The van der Waals surface area contributed by atoms with Gasteiger partial charge in [-0.15, -0.1) is 0 Å². The highest BCUT2D eigenvalue weighted by atomic mass is 16.3. The van der Waals surface area contributed by atoms with E-state index in [2.05, 4.69) is 19.8 Å². The number of hydrogen-bond donors (Lipinski definition) is 2. The summed E-state index contributed by atoms with van der Waals surface area (Å²) in [5, 5.41) is 8.96. The quantitative estimate of drug-likeness (QED) is 0.747. The third-order valence-corrected chi connectivity index (χ3v) is 3.21. The van der Waals surface area contributed by atoms with Gasteiger partial charge in [0.1, 0.15) is 0 Å². The lowest BCUT2D eigenvalue weighted by molar-refractivity contribution is 0.204. The molecule has 1 aliphatic rings. The Bertz CT molecular complexity index is 356. The zero-order valence-corrected chi connectivity index (χ0v) is 10.6. The molecule has 1 fully saturated rings. The standard InChI is InChI=1S/C12H21N5O/c13-8-11-9-14-12(15-10-11)17-3-1-2-16(4-5-17)6-7-18/h9-10,18H,1-8,13H2. The maximum Gasteiger partial charge on any atom is 0.225 e. The van der Waals surface area contributed by atoms with Gasteiger partial charge in [0.05, 0.1) is 6.61 Å². The largest absolute Gasteiger partial charge is 0.395 e. The predicted octanol–water partition coefficient (Wildman–Crippen LogP) is -0.560. The summed E-state index contributed by atoms with van der Waals surface area (Å²) in [7, 11) is 0. The van der Waals surface area contributed by atoms with Gasteiger partial charge in [-0.3, -0.25) is 4.90 Å². The third-order valence-electron chi connectivity index (χ3n) is 3.21. The summed E-state index contributed by atoms with van der Waals surface area (Å²) < 4.78 is 0. The van der Waals surface area contributed by atoms with Gasteiger partial charge in [0, 0.05) is 50.7 Å². The molecular formula is C12H21N5O. The molecule has 0 spiro atoms. The Morgan fingerprint density at radius 3 is 2.61 bits per heavy atom. The minimum absolute atomic E-state index is 0.224. The van der Waals surface area contributed by atoms with Crippen LogP contribution >= 0.6 is 0 Å². The number of aliphatic hydroxyl groups excluding tert-OH is 1. The predicted molar refractivity (Wildman–Crippen MR) is 70.3 cm³/mol. The lowest BCUT2D eigenvalue weighted by Crippen LogP contribution is -2.33. The van der Waals surface area contributed by atoms with Gasteiger partial charge in [0.15, 0.2) is 0 Å². The highest BCUT2D eigenvalue weighted by molar-refractivity contribution is 5.30. The van der Waals surface area contributed by atoms with Crippen LogP contribution in [0, 0.1) is 0 Å². The SMILES string of the molecule is NCc1cnc(N2CCCN(CCO)CC2)nc1. The van der Waals surface area contributed by atoms with Crippen LogP contribution in [0.5, 0.6) is 0 Å². The summed E-state index contributed by atoms with van der Waals surface area (Å²) in [6.45, 7) is 5.29. The maximum atomic E-state index is 8.96. The second kappa shape index (κ2) is 6.63. The Labute approximate surface area is 107 Å². The maximum absolute atomic E-state index is 8.96. The van der Waals surface area contributed by atoms with Crippen LogP contribution in [-0.4, -0.2) is 59.3 Å². The van der Waals surface area contributed by atoms with Crippen molar-refractivity contribution in [3.05, 3.63) is 18.0 Å². The number of aromatic nitrogens is 2. The minimum atomic E-state index is 0.224. The zero-order chi connectivity index (χ0) is 12.8. The molecular weight excluding hydrogens is 230 g/mol. The summed E-state index contributed by atoms with van der Waals surface area (Å²) in [5.41, 5.74) is 6.49. The van der Waals surface area contributed by atoms with E-state index in [4.69, 9.17) is 10.8 Å². The van der Waals surface area contributed by atoms with Gasteiger partial charge < -0.3 is 15.7 Å². The van der Waals surface area contributed by atoms with E-state index in [9.17, 15) is 0 Å². The van der Waals surface area contributed by atoms with E-state index in [1.54, 1.807) is 12.4 Å². The van der Waals surface area contributed by atoms with Gasteiger partial charge in [-0.25, -0.2) is 9.97 Å². The first kappa shape index (κ1) is 13.2. The van der Waals surface area contributed by atoms with Crippen molar-refractivity contribution >= 4 is 5.95 Å². The van der Waals surface area contributed by atoms with E-state index < -0.39 is 0 Å². The van der Waals surface area contributed by atoms with Gasteiger partial charge in [-0.05, 0) is 13.0 Å². The molecule has 0 bridgehead atoms. The number of rotatable bonds is 4. The number of nitrogens with two attached hydrogens (primary N) is 1. The number of nitrogens with zero attached hydrogens (tertiary/aromatic N) is 4. The highest BCUT2D eigenvalue weighted by Gasteiger charge is 2.16. The first-order valence-electron chi connectivity index (χ1n) is 6.42. The molecule has 0 aromatic carbocycles. The van der Waals surface area contributed by atoms with Crippen LogP contribution in [0.4, 0.5) is 5.95 Å². The summed E-state index contributed by atoms with van der Waals surface area (Å²) in [6, 6.07) is 0. The fraction of sp³-hybridized carbons (Fsp3) is 0.667. The van der Waals surface area contributed by atoms with E-state index in [-0.39, 0.29) is 6.61 Å². The van der Waals surface area contributed by atoms with Gasteiger partial charge in [-0.2, -0.15) is 0 Å². The Balaban J connectivity index is 1.96. The molecule has 0 aliphatic carbocycles. The number of aliphatic hydroxyl groups is 1. The first-order valence-corrected chi connectivity index (χ1v) is 6.42. The van der Waals surface area contributed by atoms with Crippen molar-refractivity contribution in [1.82, 2.24) is 14.9 Å². The van der Waals surface area contributed by atoms with E-state index in [0.717, 1.165) is 50.7 Å². The second-order valence-corrected chi connectivity index (χ2v) is 4.50. The van der Waals surface area contributed by atoms with Crippen LogP contribution in [0.25, 0.3) is 0 Å². The molecule has 2 rings (SSSR count). The molecule has 0 unspecified atom stereocenters. The molecule has 1 saturated heterocycles. The number of anilines is 1. The van der Waals surface area contributed by atoms with Crippen molar-refractivity contribution in [2.75, 3.05) is 44.2 Å². The van der Waals surface area contributed by atoms with Crippen molar-refractivity contribution in [3.8, 4) is 0 Å². The minimum Gasteiger partial charge on any atom is -0.395 e. The fourth-order valence-corrected chi connectivity index (χ4v) is 2.15. The molecule has 6 nitrogen and oxygen atoms in total. The van der Waals surface area contributed by atoms with Crippen LogP contribution in [0.2, 0.25) is 0 Å². The topological polar surface area (TPSA) is 78.5 Å². The molecule has 6 heteroatoms. The number of hydrogen-bond acceptors (Lipinski definition) is 6. The Morgan fingerprint density at radius 1 is 1.17 bits per heavy atom. The van der Waals surface area contributed by atoms with Crippen LogP contribution in [0.1, 0.15) is 12.0 Å². The second-order valence-electron chi connectivity index (χ2n) is 4.50. The monoisotopic (exact) mass is 251 g/mol. The van der Waals surface area contributed by atoms with E-state index in [1.165, 1.54) is 0 Å². The molecule has 100 valence electrons. The average molecular weight is 251 g/mol. The molecule has 3 N–H and O–H groups in total. The van der Waals surface area contributed by atoms with Gasteiger partial charge in [-0.1, -0.05) is 0 Å². The Morgan fingerprint density at radius 2 is 1.94 bits per heavy atom. The lowest BCUT2D eigenvalue weighted by Gasteiger charge is -2.21. The first-order chi connectivity index (χ1) is 8.83. The average Bonchev–Trinajstić information content (AvgIpc) is 2.65. The van der Waals surface area contributed by atoms with Crippen molar-refractivity contribution < 1.29 is 5.11 Å². The van der Waals surface area contributed by atoms with Crippen LogP contribution in [0.15, 0.2) is 12.4 Å². The molecule has 0 saturated carbocycles. The van der Waals surface area contributed by atoms with Crippen LogP contribution in [-0.2, 0) is 6.54 Å². The molecule has 0 atom stereocenters.